The Labute approximate surface area is 584 Å². The van der Waals surface area contributed by atoms with Crippen LogP contribution in [0.5, 0.6) is 5.75 Å². The summed E-state index contributed by atoms with van der Waals surface area (Å²) >= 11 is 0. The number of aliphatic hydroxyl groups is 14. The summed E-state index contributed by atoms with van der Waals surface area (Å²) < 4.78 is 28.6. The van der Waals surface area contributed by atoms with Gasteiger partial charge in [0.05, 0.1) is 51.6 Å². The van der Waals surface area contributed by atoms with Crippen LogP contribution in [0.3, 0.4) is 0 Å². The lowest BCUT2D eigenvalue weighted by atomic mass is 9.87. The Bertz CT molecular complexity index is 3410. The SMILES string of the molecule is CC(c1ccccc1)[C@@H]1NC(=O)CNC(=O)[C@H](CO)NC(=O)[C@@H](C(O)C2CN(Cc3ccc(C(C)(C)C)cc3)C(=N)N2[C@H]2O[C@H](CO)[C@@H](O)[C@H](O)[C@@H]2O)NC(=O)[C@H](C(O)C2CN=C(N)N2)NC(=O)[C@@H](Cc2ccc(O[C@H]3O[C@H](CO)[C@@H](O[C@H]4O[C@H](CO)[C@@H](O)[C@H](O)[C@@H]4O)[C@H](O)[C@@H]3O)cc2)NC1=O. The molecule has 0 radical (unpaired) electrons. The lowest BCUT2D eigenvalue weighted by Gasteiger charge is -2.46. The van der Waals surface area contributed by atoms with Crippen LogP contribution in [0, 0.1) is 5.41 Å². The van der Waals surface area contributed by atoms with Gasteiger partial charge >= 0.3 is 0 Å². The highest BCUT2D eigenvalue weighted by Gasteiger charge is 2.56. The van der Waals surface area contributed by atoms with Crippen LogP contribution in [0.4, 0.5) is 0 Å². The van der Waals surface area contributed by atoms with Gasteiger partial charge in [-0.25, -0.2) is 0 Å². The number of carbonyl (C=O) groups is 6. The van der Waals surface area contributed by atoms with E-state index in [0.717, 1.165) is 10.5 Å². The smallest absolute Gasteiger partial charge is 0.246 e. The molecule has 24 N–H and O–H groups in total. The second kappa shape index (κ2) is 33.7. The molecule has 5 saturated heterocycles. The molecular weight excluding hydrogens is 1350 g/mol. The van der Waals surface area contributed by atoms with Gasteiger partial charge in [-0.3, -0.25) is 39.2 Å². The standard InChI is InChI=1S/C65H92N12O25/c1-27(30-8-6-5-7-9-30)41-57(95)70-33(18-28-12-16-32(17-13-28)98-61-53(92)50(89)54(39(26-81)101-61)102-62-52(91)49(88)47(86)38(25-80)100-62)56(94)74-42(44(83)34-19-69-63(66)72-34)59(97)75-43(58(96)71-35(23-78)55(93)68-20-40(82)73-41)45(84)36-22-76(21-29-10-14-31(15-11-29)65(2,3)4)64(67)77(36)60-51(90)48(87)46(85)37(24-79)99-60/h5-17,27,33-39,41-54,60-62,67,78-81,83-92H,18-26H2,1-4H3,(H,68,93)(H,70,95)(H,71,96)(H,73,82)(H,74,94)(H,75,97)(H3,66,69,72)/t27?,33-,34?,35+,36?,37-,38-,39-,41+,42+,43-,44?,45?,46-,47-,48+,49+,50-,51+,52+,53+,54-,60+,61+,62-/m1/s1. The Balaban J connectivity index is 1.05. The van der Waals surface area contributed by atoms with Crippen LogP contribution in [0.2, 0.25) is 0 Å². The average molecular weight is 1440 g/mol. The highest BCUT2D eigenvalue weighted by Crippen LogP contribution is 2.35. The number of nitrogens with two attached hydrogens (primary N) is 1. The van der Waals surface area contributed by atoms with E-state index in [9.17, 15) is 91.3 Å². The number of aliphatic imine (C=N–C) groups is 1. The van der Waals surface area contributed by atoms with Gasteiger partial charge in [-0.1, -0.05) is 94.4 Å². The molecule has 3 aromatic rings. The number of guanidine groups is 2. The molecule has 102 heavy (non-hydrogen) atoms. The fourth-order valence-electron chi connectivity index (χ4n) is 12.9. The van der Waals surface area contributed by atoms with Crippen molar-refractivity contribution in [2.24, 2.45) is 10.7 Å². The summed E-state index contributed by atoms with van der Waals surface area (Å²) in [6, 6.07) is 7.88. The number of carbonyl (C=O) groups excluding carboxylic acids is 6. The fraction of sp³-hybridized carbons (Fsp3) is 0.600. The van der Waals surface area contributed by atoms with Gasteiger partial charge < -0.3 is 148 Å². The molecule has 25 atom stereocenters. The van der Waals surface area contributed by atoms with Crippen LogP contribution in [0.1, 0.15) is 55.9 Å². The topological polar surface area (TPSA) is 585 Å². The van der Waals surface area contributed by atoms with Crippen molar-refractivity contribution in [3.05, 3.63) is 101 Å². The maximum absolute atomic E-state index is 15.4. The van der Waals surface area contributed by atoms with Crippen LogP contribution in [0.25, 0.3) is 0 Å². The van der Waals surface area contributed by atoms with Gasteiger partial charge in [0.15, 0.2) is 24.4 Å². The normalized spacial score (nSPS) is 35.0. The predicted molar refractivity (Wildman–Crippen MR) is 350 cm³/mol. The second-order valence-electron chi connectivity index (χ2n) is 27.0. The Morgan fingerprint density at radius 3 is 1.76 bits per heavy atom. The monoisotopic (exact) mass is 1440 g/mol. The maximum atomic E-state index is 15.4. The Morgan fingerprint density at radius 1 is 0.598 bits per heavy atom. The van der Waals surface area contributed by atoms with Gasteiger partial charge in [0.25, 0.3) is 0 Å². The lowest BCUT2D eigenvalue weighted by molar-refractivity contribution is -0.352. The molecule has 9 rings (SSSR count). The zero-order valence-corrected chi connectivity index (χ0v) is 56.0. The van der Waals surface area contributed by atoms with E-state index in [1.165, 1.54) is 29.2 Å². The van der Waals surface area contributed by atoms with Gasteiger partial charge in [0.2, 0.25) is 41.7 Å². The van der Waals surface area contributed by atoms with E-state index >= 15 is 14.4 Å². The third kappa shape index (κ3) is 17.7. The van der Waals surface area contributed by atoms with E-state index in [-0.39, 0.29) is 35.8 Å². The van der Waals surface area contributed by atoms with Crippen LogP contribution in [0.15, 0.2) is 83.9 Å². The van der Waals surface area contributed by atoms with Gasteiger partial charge in [0, 0.05) is 25.4 Å². The molecule has 37 heteroatoms. The summed E-state index contributed by atoms with van der Waals surface area (Å²) in [5.41, 5.74) is 7.96. The average Bonchev–Trinajstić information content (AvgIpc) is 1.51. The van der Waals surface area contributed by atoms with Gasteiger partial charge in [0.1, 0.15) is 121 Å². The largest absolute Gasteiger partial charge is 0.462 e. The summed E-state index contributed by atoms with van der Waals surface area (Å²) in [7, 11) is 0. The third-order valence-electron chi connectivity index (χ3n) is 19.0. The van der Waals surface area contributed by atoms with Crippen molar-refractivity contribution in [1.82, 2.24) is 47.0 Å². The number of nitrogens with one attached hydrogen (secondary N) is 8. The van der Waals surface area contributed by atoms with Crippen molar-refractivity contribution in [3.63, 3.8) is 0 Å². The van der Waals surface area contributed by atoms with Crippen LogP contribution in [-0.4, -0.2) is 321 Å². The number of rotatable bonds is 19. The molecule has 5 unspecified atom stereocenters. The first-order valence-electron chi connectivity index (χ1n) is 33.1. The first kappa shape index (κ1) is 78.2. The number of aliphatic hydroxyl groups excluding tert-OH is 14. The lowest BCUT2D eigenvalue weighted by Crippen LogP contribution is -2.69. The van der Waals surface area contributed by atoms with E-state index in [2.05, 4.69) is 42.2 Å². The molecule has 0 aromatic heterocycles. The molecular formula is C65H92N12O25. The number of hydrogen-bond donors (Lipinski definition) is 23. The van der Waals surface area contributed by atoms with Crippen LogP contribution in [-0.2, 0) is 66.1 Å². The molecule has 5 fully saturated rings. The number of ether oxygens (including phenoxy) is 5. The summed E-state index contributed by atoms with van der Waals surface area (Å²) in [4.78, 5) is 95.2. The van der Waals surface area contributed by atoms with Crippen molar-refractivity contribution in [1.29, 1.82) is 5.41 Å². The highest BCUT2D eigenvalue weighted by molar-refractivity contribution is 5.98. The van der Waals surface area contributed by atoms with Gasteiger partial charge in [-0.05, 0) is 39.8 Å². The minimum Gasteiger partial charge on any atom is -0.462 e. The quantitative estimate of drug-likeness (QED) is 0.0530. The molecule has 0 spiro atoms. The zero-order chi connectivity index (χ0) is 74.3. The number of amides is 6. The Hall–Kier alpha value is -7.90. The van der Waals surface area contributed by atoms with Crippen molar-refractivity contribution in [2.45, 2.75) is 199 Å². The van der Waals surface area contributed by atoms with Crippen molar-refractivity contribution < 1.29 is 124 Å². The molecule has 0 aliphatic carbocycles. The molecule has 6 heterocycles. The van der Waals surface area contributed by atoms with Gasteiger partial charge in [-0.2, -0.15) is 0 Å². The van der Waals surface area contributed by atoms with E-state index in [0.29, 0.717) is 11.1 Å². The molecule has 562 valence electrons. The number of benzene rings is 3. The minimum absolute atomic E-state index is 0.0781. The van der Waals surface area contributed by atoms with E-state index in [1.54, 1.807) is 49.4 Å². The van der Waals surface area contributed by atoms with Gasteiger partial charge in [-0.15, -0.1) is 0 Å². The Morgan fingerprint density at radius 2 is 1.16 bits per heavy atom. The first-order chi connectivity index (χ1) is 48.4. The zero-order valence-electron chi connectivity index (χ0n) is 56.0. The van der Waals surface area contributed by atoms with E-state index < -0.39 is 240 Å². The summed E-state index contributed by atoms with van der Waals surface area (Å²) in [6.45, 7) is 1.94. The number of nitrogens with zero attached hydrogens (tertiary/aromatic N) is 3. The molecule has 0 bridgehead atoms. The van der Waals surface area contributed by atoms with Crippen molar-refractivity contribution >= 4 is 47.4 Å². The van der Waals surface area contributed by atoms with E-state index in [4.69, 9.17) is 29.4 Å². The Kier molecular flexibility index (Phi) is 25.8. The molecule has 6 aliphatic rings. The predicted octanol–water partition coefficient (Wildman–Crippen LogP) is -10.2. The minimum atomic E-state index is -2.40. The summed E-state index contributed by atoms with van der Waals surface area (Å²) in [5.74, 6) is -9.10. The summed E-state index contributed by atoms with van der Waals surface area (Å²) in [6.07, 6.45) is -32.2. The van der Waals surface area contributed by atoms with Crippen LogP contribution < -0.4 is 47.7 Å². The molecule has 37 nitrogen and oxygen atoms in total. The number of hydrogen-bond acceptors (Lipinski definition) is 29. The molecule has 0 saturated carbocycles. The van der Waals surface area contributed by atoms with Crippen molar-refractivity contribution in [3.8, 4) is 5.75 Å². The molecule has 6 aliphatic heterocycles. The van der Waals surface area contributed by atoms with Crippen LogP contribution >= 0.6 is 0 Å². The third-order valence-corrected chi connectivity index (χ3v) is 19.0. The first-order valence-corrected chi connectivity index (χ1v) is 33.1. The molecule has 3 aromatic carbocycles. The molecule has 6 amide bonds. The van der Waals surface area contributed by atoms with Crippen molar-refractivity contribution in [2.75, 3.05) is 46.1 Å². The van der Waals surface area contributed by atoms with E-state index in [1.807, 2.05) is 32.9 Å². The maximum Gasteiger partial charge on any atom is 0.246 e. The summed E-state index contributed by atoms with van der Waals surface area (Å²) in [5, 5.41) is 180. The fourth-order valence-corrected chi connectivity index (χ4v) is 12.9. The second-order valence-corrected chi connectivity index (χ2v) is 27.0. The highest BCUT2D eigenvalue weighted by atomic mass is 16.7.